The van der Waals surface area contributed by atoms with Crippen LogP contribution in [0.4, 0.5) is 5.13 Å². The molecule has 0 spiro atoms. The van der Waals surface area contributed by atoms with E-state index in [1.54, 1.807) is 32.4 Å². The Kier molecular flexibility index (Phi) is 7.68. The summed E-state index contributed by atoms with van der Waals surface area (Å²) in [6.07, 6.45) is 2.68. The van der Waals surface area contributed by atoms with Crippen LogP contribution in [0.3, 0.4) is 0 Å². The van der Waals surface area contributed by atoms with Crippen LogP contribution in [0.5, 0.6) is 11.5 Å². The minimum atomic E-state index is -0.339. The molecule has 9 nitrogen and oxygen atoms in total. The fraction of sp³-hybridized carbons (Fsp3) is 0.353. The lowest BCUT2D eigenvalue weighted by Gasteiger charge is -2.07. The molecule has 2 N–H and O–H groups in total. The minimum absolute atomic E-state index is 0.0184. The van der Waals surface area contributed by atoms with Gasteiger partial charge in [0, 0.05) is 6.42 Å². The Morgan fingerprint density at radius 1 is 1.19 bits per heavy atom. The maximum absolute atomic E-state index is 11.9. The van der Waals surface area contributed by atoms with Gasteiger partial charge in [-0.3, -0.25) is 9.59 Å². The number of amides is 2. The molecule has 0 aliphatic carbocycles. The van der Waals surface area contributed by atoms with E-state index < -0.39 is 0 Å². The number of hydrogen-bond donors (Lipinski definition) is 2. The number of ether oxygens (including phenoxy) is 2. The quantitative estimate of drug-likeness (QED) is 0.499. The largest absolute Gasteiger partial charge is 0.493 e. The third kappa shape index (κ3) is 6.33. The van der Waals surface area contributed by atoms with Crippen molar-refractivity contribution in [1.29, 1.82) is 0 Å². The second kappa shape index (κ2) is 10.2. The van der Waals surface area contributed by atoms with Crippen LogP contribution in [0.25, 0.3) is 0 Å². The standard InChI is InChI=1S/C17H21N5O4S/c1-4-5-14(23)19-17-22-21-16(27-17)9-15(24)20-18-10-11-6-7-12(25-2)13(8-11)26-3/h6-8,10H,4-5,9H2,1-3H3,(H,20,24)(H,19,22,23)/b18-10+. The first kappa shape index (κ1) is 20.3. The third-order valence-corrected chi connectivity index (χ3v) is 4.15. The maximum atomic E-state index is 11.9. The van der Waals surface area contributed by atoms with E-state index in [-0.39, 0.29) is 18.2 Å². The summed E-state index contributed by atoms with van der Waals surface area (Å²) in [5.74, 6) is 0.717. The van der Waals surface area contributed by atoms with Gasteiger partial charge in [-0.1, -0.05) is 18.3 Å². The molecule has 1 aromatic carbocycles. The number of hydrogen-bond acceptors (Lipinski definition) is 8. The molecule has 2 rings (SSSR count). The van der Waals surface area contributed by atoms with Crippen LogP contribution in [0.15, 0.2) is 23.3 Å². The highest BCUT2D eigenvalue weighted by Gasteiger charge is 2.11. The minimum Gasteiger partial charge on any atom is -0.493 e. The van der Waals surface area contributed by atoms with E-state index in [0.717, 1.165) is 23.3 Å². The number of anilines is 1. The summed E-state index contributed by atoms with van der Waals surface area (Å²) < 4.78 is 10.4. The van der Waals surface area contributed by atoms with E-state index in [0.29, 0.717) is 28.1 Å². The average molecular weight is 391 g/mol. The van der Waals surface area contributed by atoms with Crippen LogP contribution in [0, 0.1) is 0 Å². The van der Waals surface area contributed by atoms with Crippen LogP contribution in [0.2, 0.25) is 0 Å². The van der Waals surface area contributed by atoms with Gasteiger partial charge in [-0.05, 0) is 30.2 Å². The number of benzene rings is 1. The molecule has 0 aliphatic rings. The summed E-state index contributed by atoms with van der Waals surface area (Å²) in [5.41, 5.74) is 3.17. The normalized spacial score (nSPS) is 10.6. The van der Waals surface area contributed by atoms with Gasteiger partial charge in [0.25, 0.3) is 0 Å². The van der Waals surface area contributed by atoms with Gasteiger partial charge in [0.1, 0.15) is 5.01 Å². The van der Waals surface area contributed by atoms with Crippen LogP contribution >= 0.6 is 11.3 Å². The first-order chi connectivity index (χ1) is 13.0. The molecule has 2 aromatic rings. The molecular formula is C17H21N5O4S. The second-order valence-electron chi connectivity index (χ2n) is 5.38. The van der Waals surface area contributed by atoms with Crippen molar-refractivity contribution in [2.45, 2.75) is 26.2 Å². The highest BCUT2D eigenvalue weighted by Crippen LogP contribution is 2.26. The summed E-state index contributed by atoms with van der Waals surface area (Å²) in [5, 5.41) is 15.2. The molecule has 0 atom stereocenters. The van der Waals surface area contributed by atoms with Gasteiger partial charge in [-0.2, -0.15) is 5.10 Å². The Labute approximate surface area is 160 Å². The number of nitrogens with one attached hydrogen (secondary N) is 2. The number of rotatable bonds is 9. The van der Waals surface area contributed by atoms with Gasteiger partial charge in [0.05, 0.1) is 26.9 Å². The Bertz CT molecular complexity index is 821. The predicted molar refractivity (Wildman–Crippen MR) is 102 cm³/mol. The maximum Gasteiger partial charge on any atom is 0.247 e. The van der Waals surface area contributed by atoms with Crippen molar-refractivity contribution >= 4 is 34.5 Å². The van der Waals surface area contributed by atoms with Crippen LogP contribution in [-0.2, 0) is 16.0 Å². The van der Waals surface area contributed by atoms with Crippen molar-refractivity contribution in [3.8, 4) is 11.5 Å². The van der Waals surface area contributed by atoms with Gasteiger partial charge in [-0.15, -0.1) is 10.2 Å². The lowest BCUT2D eigenvalue weighted by atomic mass is 10.2. The molecular weight excluding hydrogens is 370 g/mol. The van der Waals surface area contributed by atoms with Gasteiger partial charge in [-0.25, -0.2) is 5.43 Å². The first-order valence-electron chi connectivity index (χ1n) is 8.21. The first-order valence-corrected chi connectivity index (χ1v) is 9.03. The lowest BCUT2D eigenvalue weighted by Crippen LogP contribution is -2.19. The van der Waals surface area contributed by atoms with Crippen molar-refractivity contribution in [3.05, 3.63) is 28.8 Å². The zero-order chi connectivity index (χ0) is 19.6. The van der Waals surface area contributed by atoms with E-state index >= 15 is 0 Å². The van der Waals surface area contributed by atoms with E-state index in [9.17, 15) is 9.59 Å². The molecule has 0 saturated heterocycles. The summed E-state index contributed by atoms with van der Waals surface area (Å²) in [6.45, 7) is 1.91. The van der Waals surface area contributed by atoms with Crippen LogP contribution in [-0.4, -0.2) is 42.4 Å². The Morgan fingerprint density at radius 2 is 1.96 bits per heavy atom. The SMILES string of the molecule is CCCC(=O)Nc1nnc(CC(=O)N/N=C/c2ccc(OC)c(OC)c2)s1. The zero-order valence-electron chi connectivity index (χ0n) is 15.3. The van der Waals surface area contributed by atoms with Crippen LogP contribution < -0.4 is 20.2 Å². The van der Waals surface area contributed by atoms with Crippen molar-refractivity contribution in [1.82, 2.24) is 15.6 Å². The number of hydrazone groups is 1. The monoisotopic (exact) mass is 391 g/mol. The molecule has 2 amide bonds. The summed E-state index contributed by atoms with van der Waals surface area (Å²) in [4.78, 5) is 23.5. The molecule has 0 fully saturated rings. The fourth-order valence-electron chi connectivity index (χ4n) is 2.07. The number of carbonyl (C=O) groups is 2. The number of carbonyl (C=O) groups excluding carboxylic acids is 2. The molecule has 0 bridgehead atoms. The third-order valence-electron chi connectivity index (χ3n) is 3.31. The number of nitrogens with zero attached hydrogens (tertiary/aromatic N) is 3. The predicted octanol–water partition coefficient (Wildman–Crippen LogP) is 1.99. The lowest BCUT2D eigenvalue weighted by molar-refractivity contribution is -0.120. The molecule has 144 valence electrons. The van der Waals surface area contributed by atoms with E-state index in [2.05, 4.69) is 26.0 Å². The highest BCUT2D eigenvalue weighted by molar-refractivity contribution is 7.15. The molecule has 0 radical (unpaired) electrons. The zero-order valence-corrected chi connectivity index (χ0v) is 16.1. The Morgan fingerprint density at radius 3 is 2.67 bits per heavy atom. The average Bonchev–Trinajstić information content (AvgIpc) is 3.08. The molecule has 1 heterocycles. The van der Waals surface area contributed by atoms with E-state index in [4.69, 9.17) is 9.47 Å². The number of methoxy groups -OCH3 is 2. The van der Waals surface area contributed by atoms with Gasteiger partial charge in [0.2, 0.25) is 16.9 Å². The van der Waals surface area contributed by atoms with Crippen molar-refractivity contribution in [3.63, 3.8) is 0 Å². The van der Waals surface area contributed by atoms with Gasteiger partial charge >= 0.3 is 0 Å². The van der Waals surface area contributed by atoms with E-state index in [1.807, 2.05) is 6.92 Å². The molecule has 0 aliphatic heterocycles. The smallest absolute Gasteiger partial charge is 0.247 e. The summed E-state index contributed by atoms with van der Waals surface area (Å²) in [7, 11) is 3.10. The molecule has 0 saturated carbocycles. The summed E-state index contributed by atoms with van der Waals surface area (Å²) >= 11 is 1.16. The molecule has 0 unspecified atom stereocenters. The fourth-order valence-corrected chi connectivity index (χ4v) is 2.83. The molecule has 10 heteroatoms. The summed E-state index contributed by atoms with van der Waals surface area (Å²) in [6, 6.07) is 5.27. The van der Waals surface area contributed by atoms with E-state index in [1.165, 1.54) is 6.21 Å². The topological polar surface area (TPSA) is 115 Å². The highest BCUT2D eigenvalue weighted by atomic mass is 32.1. The molecule has 27 heavy (non-hydrogen) atoms. The van der Waals surface area contributed by atoms with Crippen LogP contribution in [0.1, 0.15) is 30.3 Å². The van der Waals surface area contributed by atoms with Crippen molar-refractivity contribution < 1.29 is 19.1 Å². The molecule has 1 aromatic heterocycles. The van der Waals surface area contributed by atoms with Gasteiger partial charge < -0.3 is 14.8 Å². The second-order valence-corrected chi connectivity index (χ2v) is 6.45. The van der Waals surface area contributed by atoms with Crippen molar-refractivity contribution in [2.75, 3.05) is 19.5 Å². The number of aromatic nitrogens is 2. The Balaban J connectivity index is 1.86. The Hall–Kier alpha value is -3.01. The van der Waals surface area contributed by atoms with Crippen molar-refractivity contribution in [2.24, 2.45) is 5.10 Å². The van der Waals surface area contributed by atoms with Gasteiger partial charge in [0.15, 0.2) is 11.5 Å².